The molecular formula is C13H26N2O3S. The van der Waals surface area contributed by atoms with Crippen LogP contribution in [0.15, 0.2) is 0 Å². The van der Waals surface area contributed by atoms with Gasteiger partial charge in [0.25, 0.3) is 0 Å². The van der Waals surface area contributed by atoms with Crippen molar-refractivity contribution in [1.29, 1.82) is 0 Å². The lowest BCUT2D eigenvalue weighted by Crippen LogP contribution is -2.50. The first-order valence-electron chi connectivity index (χ1n) is 7.21. The molecule has 2 N–H and O–H groups in total. The summed E-state index contributed by atoms with van der Waals surface area (Å²) in [6.45, 7) is 0.911. The number of hydrogen-bond acceptors (Lipinski definition) is 4. The Kier molecular flexibility index (Phi) is 5.22. The Labute approximate surface area is 116 Å². The van der Waals surface area contributed by atoms with Gasteiger partial charge in [-0.15, -0.1) is 0 Å². The first kappa shape index (κ1) is 15.2. The Bertz CT molecular complexity index is 379. The molecule has 2 unspecified atom stereocenters. The maximum absolute atomic E-state index is 11.4. The van der Waals surface area contributed by atoms with Gasteiger partial charge in [-0.3, -0.25) is 0 Å². The van der Waals surface area contributed by atoms with Gasteiger partial charge in [0, 0.05) is 19.2 Å². The molecule has 0 aliphatic heterocycles. The van der Waals surface area contributed by atoms with Crippen LogP contribution in [0, 0.1) is 5.92 Å². The zero-order valence-electron chi connectivity index (χ0n) is 11.9. The standard InChI is InChI=1S/C13H26N2O3S/c1-18-12-7-11(8-12)14-9-10-5-3-4-6-13(10)15-19(2,16)17/h10-15H,3-9H2,1-2H3. The van der Waals surface area contributed by atoms with Crippen LogP contribution >= 0.6 is 0 Å². The van der Waals surface area contributed by atoms with E-state index in [0.29, 0.717) is 18.1 Å². The molecule has 0 aromatic heterocycles. The Morgan fingerprint density at radius 3 is 2.53 bits per heavy atom. The van der Waals surface area contributed by atoms with Crippen molar-refractivity contribution in [2.45, 2.75) is 56.7 Å². The monoisotopic (exact) mass is 290 g/mol. The summed E-state index contributed by atoms with van der Waals surface area (Å²) in [4.78, 5) is 0. The fraction of sp³-hybridized carbons (Fsp3) is 1.00. The third-order valence-corrected chi connectivity index (χ3v) is 5.10. The van der Waals surface area contributed by atoms with Crippen molar-refractivity contribution in [2.75, 3.05) is 19.9 Å². The Balaban J connectivity index is 1.76. The summed E-state index contributed by atoms with van der Waals surface area (Å²) in [5.41, 5.74) is 0. The smallest absolute Gasteiger partial charge is 0.208 e. The van der Waals surface area contributed by atoms with E-state index in [0.717, 1.165) is 38.6 Å². The molecule has 2 saturated carbocycles. The lowest BCUT2D eigenvalue weighted by atomic mass is 9.83. The Morgan fingerprint density at radius 1 is 1.21 bits per heavy atom. The molecule has 0 bridgehead atoms. The van der Waals surface area contributed by atoms with Crippen molar-refractivity contribution in [3.63, 3.8) is 0 Å². The topological polar surface area (TPSA) is 67.4 Å². The highest BCUT2D eigenvalue weighted by Gasteiger charge is 2.31. The molecule has 2 fully saturated rings. The van der Waals surface area contributed by atoms with Gasteiger partial charge < -0.3 is 10.1 Å². The van der Waals surface area contributed by atoms with Crippen LogP contribution in [0.25, 0.3) is 0 Å². The van der Waals surface area contributed by atoms with Crippen LogP contribution in [0.1, 0.15) is 38.5 Å². The maximum Gasteiger partial charge on any atom is 0.208 e. The molecule has 2 atom stereocenters. The van der Waals surface area contributed by atoms with E-state index in [1.807, 2.05) is 0 Å². The van der Waals surface area contributed by atoms with Crippen LogP contribution in [-0.4, -0.2) is 46.5 Å². The number of methoxy groups -OCH3 is 1. The van der Waals surface area contributed by atoms with Crippen molar-refractivity contribution < 1.29 is 13.2 Å². The van der Waals surface area contributed by atoms with Crippen LogP contribution in [0.3, 0.4) is 0 Å². The number of hydrogen-bond donors (Lipinski definition) is 2. The highest BCUT2D eigenvalue weighted by Crippen LogP contribution is 2.27. The van der Waals surface area contributed by atoms with Crippen molar-refractivity contribution in [2.24, 2.45) is 5.92 Å². The summed E-state index contributed by atoms with van der Waals surface area (Å²) < 4.78 is 30.8. The summed E-state index contributed by atoms with van der Waals surface area (Å²) in [5.74, 6) is 0.421. The first-order valence-corrected chi connectivity index (χ1v) is 9.10. The molecule has 112 valence electrons. The number of ether oxygens (including phenoxy) is 1. The minimum atomic E-state index is -3.10. The summed E-state index contributed by atoms with van der Waals surface area (Å²) >= 11 is 0. The van der Waals surface area contributed by atoms with E-state index >= 15 is 0 Å². The van der Waals surface area contributed by atoms with E-state index in [2.05, 4.69) is 10.0 Å². The van der Waals surface area contributed by atoms with E-state index in [9.17, 15) is 8.42 Å². The first-order chi connectivity index (χ1) is 8.98. The van der Waals surface area contributed by atoms with Gasteiger partial charge in [0.15, 0.2) is 0 Å². The van der Waals surface area contributed by atoms with E-state index in [-0.39, 0.29) is 6.04 Å². The number of rotatable bonds is 6. The molecule has 0 heterocycles. The molecule has 2 rings (SSSR count). The lowest BCUT2D eigenvalue weighted by molar-refractivity contribution is 0.0157. The molecular weight excluding hydrogens is 264 g/mol. The van der Waals surface area contributed by atoms with E-state index in [4.69, 9.17) is 4.74 Å². The number of nitrogens with one attached hydrogen (secondary N) is 2. The van der Waals surface area contributed by atoms with E-state index < -0.39 is 10.0 Å². The van der Waals surface area contributed by atoms with Gasteiger partial charge in [0.1, 0.15) is 0 Å². The predicted octanol–water partition coefficient (Wildman–Crippen LogP) is 0.861. The van der Waals surface area contributed by atoms with Gasteiger partial charge in [0.05, 0.1) is 12.4 Å². The van der Waals surface area contributed by atoms with Crippen molar-refractivity contribution >= 4 is 10.0 Å². The van der Waals surface area contributed by atoms with Crippen molar-refractivity contribution in [3.05, 3.63) is 0 Å². The molecule has 19 heavy (non-hydrogen) atoms. The van der Waals surface area contributed by atoms with Gasteiger partial charge in [-0.05, 0) is 38.1 Å². The molecule has 6 heteroatoms. The van der Waals surface area contributed by atoms with Crippen LogP contribution in [0.4, 0.5) is 0 Å². The summed E-state index contributed by atoms with van der Waals surface area (Å²) in [6.07, 6.45) is 8.22. The molecule has 2 aliphatic carbocycles. The summed E-state index contributed by atoms with van der Waals surface area (Å²) in [7, 11) is -1.34. The quantitative estimate of drug-likeness (QED) is 0.761. The minimum Gasteiger partial charge on any atom is -0.381 e. The van der Waals surface area contributed by atoms with Crippen LogP contribution in [0.5, 0.6) is 0 Å². The van der Waals surface area contributed by atoms with Gasteiger partial charge in [0.2, 0.25) is 10.0 Å². The second-order valence-corrected chi connectivity index (χ2v) is 7.76. The van der Waals surface area contributed by atoms with E-state index in [1.165, 1.54) is 12.7 Å². The lowest BCUT2D eigenvalue weighted by Gasteiger charge is -2.38. The Morgan fingerprint density at radius 2 is 1.89 bits per heavy atom. The molecule has 0 amide bonds. The third kappa shape index (κ3) is 4.70. The fourth-order valence-electron chi connectivity index (χ4n) is 3.12. The van der Waals surface area contributed by atoms with Gasteiger partial charge in [-0.1, -0.05) is 12.8 Å². The minimum absolute atomic E-state index is 0.106. The Hall–Kier alpha value is -0.170. The van der Waals surface area contributed by atoms with Gasteiger partial charge in [-0.2, -0.15) is 0 Å². The van der Waals surface area contributed by atoms with Crippen LogP contribution < -0.4 is 10.0 Å². The second-order valence-electron chi connectivity index (χ2n) is 5.98. The average Bonchev–Trinajstić information content (AvgIpc) is 2.27. The molecule has 2 aliphatic rings. The maximum atomic E-state index is 11.4. The van der Waals surface area contributed by atoms with E-state index in [1.54, 1.807) is 7.11 Å². The van der Waals surface area contributed by atoms with Crippen molar-refractivity contribution in [1.82, 2.24) is 10.0 Å². The summed E-state index contributed by atoms with van der Waals surface area (Å²) in [5, 5.41) is 3.55. The highest BCUT2D eigenvalue weighted by molar-refractivity contribution is 7.88. The predicted molar refractivity (Wildman–Crippen MR) is 75.5 cm³/mol. The zero-order chi connectivity index (χ0) is 13.9. The SMILES string of the molecule is COC1CC(NCC2CCCCC2NS(C)(=O)=O)C1. The van der Waals surface area contributed by atoms with Crippen LogP contribution in [0.2, 0.25) is 0 Å². The van der Waals surface area contributed by atoms with Crippen molar-refractivity contribution in [3.8, 4) is 0 Å². The number of sulfonamides is 1. The second kappa shape index (κ2) is 6.52. The average molecular weight is 290 g/mol. The largest absolute Gasteiger partial charge is 0.381 e. The highest BCUT2D eigenvalue weighted by atomic mass is 32.2. The fourth-order valence-corrected chi connectivity index (χ4v) is 3.99. The third-order valence-electron chi connectivity index (χ3n) is 4.37. The normalized spacial score (nSPS) is 35.9. The molecule has 0 spiro atoms. The summed E-state index contributed by atoms with van der Waals surface area (Å²) in [6, 6.07) is 0.653. The van der Waals surface area contributed by atoms with Crippen LogP contribution in [-0.2, 0) is 14.8 Å². The zero-order valence-corrected chi connectivity index (χ0v) is 12.7. The van der Waals surface area contributed by atoms with Gasteiger partial charge >= 0.3 is 0 Å². The molecule has 0 aromatic rings. The molecule has 0 saturated heterocycles. The molecule has 0 radical (unpaired) electrons. The van der Waals surface area contributed by atoms with Gasteiger partial charge in [-0.25, -0.2) is 13.1 Å². The molecule has 0 aromatic carbocycles. The molecule has 5 nitrogen and oxygen atoms in total.